The molecule has 2 aliphatic rings. The number of hydrogen-bond acceptors (Lipinski definition) is 2. The Hall–Kier alpha value is -0.570. The molecule has 86 valence electrons. The summed E-state index contributed by atoms with van der Waals surface area (Å²) < 4.78 is 0. The van der Waals surface area contributed by atoms with Crippen molar-refractivity contribution in [3.63, 3.8) is 0 Å². The third kappa shape index (κ3) is 1.89. The van der Waals surface area contributed by atoms with Crippen LogP contribution in [0.2, 0.25) is 0 Å². The molecule has 0 aromatic heterocycles. The summed E-state index contributed by atoms with van der Waals surface area (Å²) in [5.41, 5.74) is -0.289. The van der Waals surface area contributed by atoms with E-state index in [2.05, 4.69) is 0 Å². The van der Waals surface area contributed by atoms with Gasteiger partial charge in [-0.05, 0) is 19.3 Å². The van der Waals surface area contributed by atoms with Crippen LogP contribution in [0.5, 0.6) is 0 Å². The number of fused-ring (bicyclic) bond motifs is 2. The lowest BCUT2D eigenvalue weighted by Crippen LogP contribution is -2.42. The summed E-state index contributed by atoms with van der Waals surface area (Å²) in [6.07, 6.45) is 2.66. The summed E-state index contributed by atoms with van der Waals surface area (Å²) in [5.74, 6) is 0.569. The fourth-order valence-electron chi connectivity index (χ4n) is 2.78. The first-order valence-electron chi connectivity index (χ1n) is 5.88. The molecule has 1 amide bonds. The topological polar surface area (TPSA) is 40.5 Å². The van der Waals surface area contributed by atoms with Crippen molar-refractivity contribution in [3.05, 3.63) is 0 Å². The summed E-state index contributed by atoms with van der Waals surface area (Å²) in [6, 6.07) is 0.394. The van der Waals surface area contributed by atoms with Crippen LogP contribution in [-0.2, 0) is 4.79 Å². The van der Waals surface area contributed by atoms with Crippen LogP contribution in [0, 0.1) is 11.3 Å². The zero-order chi connectivity index (χ0) is 11.2. The molecule has 1 saturated heterocycles. The maximum atomic E-state index is 12.2. The minimum absolute atomic E-state index is 0.181. The third-order valence-electron chi connectivity index (χ3n) is 3.69. The molecule has 2 bridgehead atoms. The molecular formula is C12H21NO2. The molecule has 0 radical (unpaired) electrons. The molecule has 0 aromatic rings. The Bertz CT molecular complexity index is 269. The first-order chi connectivity index (χ1) is 6.89. The summed E-state index contributed by atoms with van der Waals surface area (Å²) in [6.45, 7) is 6.66. The number of amides is 1. The van der Waals surface area contributed by atoms with E-state index in [1.54, 1.807) is 0 Å². The number of carbonyl (C=O) groups is 1. The third-order valence-corrected chi connectivity index (χ3v) is 3.69. The van der Waals surface area contributed by atoms with Gasteiger partial charge in [0.25, 0.3) is 0 Å². The van der Waals surface area contributed by atoms with Gasteiger partial charge in [0.15, 0.2) is 0 Å². The predicted octanol–water partition coefficient (Wildman–Crippen LogP) is 1.40. The Morgan fingerprint density at radius 1 is 1.33 bits per heavy atom. The number of likely N-dealkylation sites (tertiary alicyclic amines) is 1. The van der Waals surface area contributed by atoms with Gasteiger partial charge in [-0.1, -0.05) is 20.8 Å². The summed E-state index contributed by atoms with van der Waals surface area (Å²) in [7, 11) is 0. The van der Waals surface area contributed by atoms with Gasteiger partial charge in [0.05, 0.1) is 6.10 Å². The molecule has 3 atom stereocenters. The molecule has 3 heteroatoms. The van der Waals surface area contributed by atoms with E-state index in [0.717, 1.165) is 25.8 Å². The summed E-state index contributed by atoms with van der Waals surface area (Å²) >= 11 is 0. The van der Waals surface area contributed by atoms with Crippen LogP contribution in [0.1, 0.15) is 40.0 Å². The van der Waals surface area contributed by atoms with Gasteiger partial charge in [-0.25, -0.2) is 0 Å². The Morgan fingerprint density at radius 2 is 2.00 bits per heavy atom. The molecule has 1 aliphatic heterocycles. The fraction of sp³-hybridized carbons (Fsp3) is 0.917. The van der Waals surface area contributed by atoms with Gasteiger partial charge in [-0.3, -0.25) is 4.79 Å². The van der Waals surface area contributed by atoms with Crippen molar-refractivity contribution in [1.82, 2.24) is 4.90 Å². The minimum atomic E-state index is -0.289. The quantitative estimate of drug-likeness (QED) is 0.658. The standard InChI is InChI=1S/C12H21NO2/c1-12(2,3)11(15)13-7-8-6-9(13)4-5-10(8)14/h8-10,14H,4-7H2,1-3H3. The SMILES string of the molecule is CC(C)(C)C(=O)N1CC2CC1CCC2O. The van der Waals surface area contributed by atoms with E-state index < -0.39 is 0 Å². The molecule has 1 aliphatic carbocycles. The predicted molar refractivity (Wildman–Crippen MR) is 58.3 cm³/mol. The highest BCUT2D eigenvalue weighted by atomic mass is 16.3. The van der Waals surface area contributed by atoms with Crippen molar-refractivity contribution in [2.24, 2.45) is 11.3 Å². The second kappa shape index (κ2) is 3.48. The number of aliphatic hydroxyl groups is 1. The highest BCUT2D eigenvalue weighted by Gasteiger charge is 2.44. The average Bonchev–Trinajstić information content (AvgIpc) is 2.49. The Morgan fingerprint density at radius 3 is 2.53 bits per heavy atom. The second-order valence-electron chi connectivity index (χ2n) is 6.00. The second-order valence-corrected chi connectivity index (χ2v) is 6.00. The van der Waals surface area contributed by atoms with Crippen molar-refractivity contribution in [3.8, 4) is 0 Å². The molecule has 0 aromatic carbocycles. The Balaban J connectivity index is 2.10. The lowest BCUT2D eigenvalue weighted by molar-refractivity contribution is -0.140. The van der Waals surface area contributed by atoms with E-state index >= 15 is 0 Å². The molecule has 1 N–H and O–H groups in total. The van der Waals surface area contributed by atoms with Crippen molar-refractivity contribution < 1.29 is 9.90 Å². The van der Waals surface area contributed by atoms with Crippen molar-refractivity contribution >= 4 is 5.91 Å². The molecular weight excluding hydrogens is 190 g/mol. The van der Waals surface area contributed by atoms with E-state index in [9.17, 15) is 9.90 Å². The van der Waals surface area contributed by atoms with Crippen LogP contribution in [0.3, 0.4) is 0 Å². The van der Waals surface area contributed by atoms with Crippen molar-refractivity contribution in [1.29, 1.82) is 0 Å². The minimum Gasteiger partial charge on any atom is -0.393 e. The van der Waals surface area contributed by atoms with Crippen molar-refractivity contribution in [2.75, 3.05) is 6.54 Å². The zero-order valence-electron chi connectivity index (χ0n) is 9.86. The maximum absolute atomic E-state index is 12.2. The van der Waals surface area contributed by atoms with E-state index in [1.807, 2.05) is 25.7 Å². The Labute approximate surface area is 91.5 Å². The van der Waals surface area contributed by atoms with E-state index in [4.69, 9.17) is 0 Å². The summed E-state index contributed by atoms with van der Waals surface area (Å²) in [5, 5.41) is 9.76. The highest BCUT2D eigenvalue weighted by molar-refractivity contribution is 5.82. The van der Waals surface area contributed by atoms with E-state index in [-0.39, 0.29) is 17.4 Å². The van der Waals surface area contributed by atoms with Gasteiger partial charge in [0.2, 0.25) is 5.91 Å². The smallest absolute Gasteiger partial charge is 0.228 e. The normalized spacial score (nSPS) is 35.7. The molecule has 3 unspecified atom stereocenters. The fourth-order valence-corrected chi connectivity index (χ4v) is 2.78. The van der Waals surface area contributed by atoms with Crippen LogP contribution in [0.25, 0.3) is 0 Å². The van der Waals surface area contributed by atoms with Crippen LogP contribution in [0.4, 0.5) is 0 Å². The first-order valence-corrected chi connectivity index (χ1v) is 5.88. The number of rotatable bonds is 0. The average molecular weight is 211 g/mol. The highest BCUT2D eigenvalue weighted by Crippen LogP contribution is 2.37. The van der Waals surface area contributed by atoms with Gasteiger partial charge in [0.1, 0.15) is 0 Å². The molecule has 1 heterocycles. The Kier molecular flexibility index (Phi) is 2.53. The van der Waals surface area contributed by atoms with Crippen LogP contribution >= 0.6 is 0 Å². The number of nitrogens with zero attached hydrogens (tertiary/aromatic N) is 1. The van der Waals surface area contributed by atoms with E-state index in [0.29, 0.717) is 12.0 Å². The van der Waals surface area contributed by atoms with Crippen molar-refractivity contribution in [2.45, 2.75) is 52.2 Å². The summed E-state index contributed by atoms with van der Waals surface area (Å²) in [4.78, 5) is 14.2. The molecule has 1 saturated carbocycles. The number of aliphatic hydroxyl groups excluding tert-OH is 1. The monoisotopic (exact) mass is 211 g/mol. The molecule has 2 rings (SSSR count). The zero-order valence-corrected chi connectivity index (χ0v) is 9.86. The molecule has 3 nitrogen and oxygen atoms in total. The van der Waals surface area contributed by atoms with E-state index in [1.165, 1.54) is 0 Å². The number of hydrogen-bond donors (Lipinski definition) is 1. The van der Waals surface area contributed by atoms with Gasteiger partial charge >= 0.3 is 0 Å². The largest absolute Gasteiger partial charge is 0.393 e. The lowest BCUT2D eigenvalue weighted by atomic mass is 9.87. The van der Waals surface area contributed by atoms with Crippen LogP contribution in [0.15, 0.2) is 0 Å². The maximum Gasteiger partial charge on any atom is 0.228 e. The van der Waals surface area contributed by atoms with Gasteiger partial charge in [-0.15, -0.1) is 0 Å². The van der Waals surface area contributed by atoms with Gasteiger partial charge in [0, 0.05) is 23.9 Å². The molecule has 2 fully saturated rings. The first kappa shape index (κ1) is 10.9. The number of carbonyl (C=O) groups excluding carboxylic acids is 1. The molecule has 0 spiro atoms. The van der Waals surface area contributed by atoms with Gasteiger partial charge < -0.3 is 10.0 Å². The molecule has 15 heavy (non-hydrogen) atoms. The van der Waals surface area contributed by atoms with Crippen LogP contribution < -0.4 is 0 Å². The lowest BCUT2D eigenvalue weighted by Gasteiger charge is -2.30. The van der Waals surface area contributed by atoms with Gasteiger partial charge in [-0.2, -0.15) is 0 Å². The van der Waals surface area contributed by atoms with Crippen LogP contribution in [-0.4, -0.2) is 34.6 Å².